The van der Waals surface area contributed by atoms with Crippen molar-refractivity contribution in [3.8, 4) is 11.3 Å². The zero-order valence-corrected chi connectivity index (χ0v) is 17.1. The molecular weight excluding hydrogens is 393 g/mol. The number of hydrogen-bond acceptors (Lipinski definition) is 3. The molecule has 1 aromatic heterocycles. The predicted octanol–water partition coefficient (Wildman–Crippen LogP) is 4.06. The van der Waals surface area contributed by atoms with Crippen molar-refractivity contribution >= 4 is 11.8 Å². The Hall–Kier alpha value is -3.54. The number of nitrogens with zero attached hydrogens (tertiary/aromatic N) is 2. The van der Waals surface area contributed by atoms with Gasteiger partial charge in [-0.15, -0.1) is 0 Å². The van der Waals surface area contributed by atoms with Gasteiger partial charge in [0.1, 0.15) is 5.82 Å². The average molecular weight is 417 g/mol. The fraction of sp³-hybridized carbons (Fsp3) is 0.240. The van der Waals surface area contributed by atoms with E-state index in [9.17, 15) is 14.0 Å². The van der Waals surface area contributed by atoms with E-state index in [1.54, 1.807) is 35.4 Å². The van der Waals surface area contributed by atoms with Crippen molar-refractivity contribution in [3.63, 3.8) is 0 Å². The number of amides is 2. The number of likely N-dealkylation sites (tertiary alicyclic amines) is 1. The van der Waals surface area contributed by atoms with Gasteiger partial charge in [-0.25, -0.2) is 4.39 Å². The summed E-state index contributed by atoms with van der Waals surface area (Å²) in [6.07, 6.45) is 2.83. The Balaban J connectivity index is 1.33. The lowest BCUT2D eigenvalue weighted by Crippen LogP contribution is -2.43. The molecule has 1 aliphatic heterocycles. The van der Waals surface area contributed by atoms with Crippen LogP contribution in [0.1, 0.15) is 28.8 Å². The molecule has 2 aromatic carbocycles. The molecule has 0 radical (unpaired) electrons. The van der Waals surface area contributed by atoms with Crippen molar-refractivity contribution in [2.75, 3.05) is 13.1 Å². The molecule has 6 heteroatoms. The third-order valence-corrected chi connectivity index (χ3v) is 5.64. The van der Waals surface area contributed by atoms with E-state index in [2.05, 4.69) is 10.3 Å². The van der Waals surface area contributed by atoms with Crippen molar-refractivity contribution < 1.29 is 14.0 Å². The van der Waals surface area contributed by atoms with Crippen LogP contribution in [-0.4, -0.2) is 34.8 Å². The van der Waals surface area contributed by atoms with Crippen molar-refractivity contribution in [1.29, 1.82) is 0 Å². The van der Waals surface area contributed by atoms with E-state index in [0.717, 1.165) is 11.3 Å². The molecule has 0 unspecified atom stereocenters. The summed E-state index contributed by atoms with van der Waals surface area (Å²) in [6, 6.07) is 19.7. The summed E-state index contributed by atoms with van der Waals surface area (Å²) in [5, 5.41) is 2.82. The van der Waals surface area contributed by atoms with E-state index >= 15 is 0 Å². The van der Waals surface area contributed by atoms with Gasteiger partial charge in [0.05, 0.1) is 5.69 Å². The van der Waals surface area contributed by atoms with Gasteiger partial charge in [0, 0.05) is 48.4 Å². The summed E-state index contributed by atoms with van der Waals surface area (Å²) >= 11 is 0. The smallest absolute Gasteiger partial charge is 0.253 e. The number of benzene rings is 2. The first kappa shape index (κ1) is 20.7. The van der Waals surface area contributed by atoms with Gasteiger partial charge in [-0.2, -0.15) is 0 Å². The number of hydrogen-bond donors (Lipinski definition) is 1. The largest absolute Gasteiger partial charge is 0.352 e. The Morgan fingerprint density at radius 1 is 1.00 bits per heavy atom. The molecule has 0 saturated carbocycles. The molecule has 1 fully saturated rings. The highest BCUT2D eigenvalue weighted by atomic mass is 19.1. The Kier molecular flexibility index (Phi) is 6.36. The molecule has 4 rings (SSSR count). The van der Waals surface area contributed by atoms with Crippen molar-refractivity contribution in [3.05, 3.63) is 89.9 Å². The van der Waals surface area contributed by atoms with Crippen LogP contribution < -0.4 is 5.32 Å². The second-order valence-electron chi connectivity index (χ2n) is 7.67. The lowest BCUT2D eigenvalue weighted by molar-refractivity contribution is -0.126. The number of rotatable bonds is 5. The molecule has 3 aromatic rings. The molecule has 0 spiro atoms. The SMILES string of the molecule is O=C(NCc1ccccc1F)C1CCN(C(=O)c2ccnc(-c3ccccc3)c2)CC1. The quantitative estimate of drug-likeness (QED) is 0.681. The molecule has 1 aliphatic rings. The number of carbonyl (C=O) groups excluding carboxylic acids is 2. The zero-order valence-electron chi connectivity index (χ0n) is 17.1. The third-order valence-electron chi connectivity index (χ3n) is 5.64. The fourth-order valence-corrected chi connectivity index (χ4v) is 3.83. The van der Waals surface area contributed by atoms with Crippen LogP contribution in [0.2, 0.25) is 0 Å². The lowest BCUT2D eigenvalue weighted by atomic mass is 9.95. The Morgan fingerprint density at radius 2 is 1.71 bits per heavy atom. The molecule has 2 amide bonds. The van der Waals surface area contributed by atoms with Gasteiger partial charge >= 0.3 is 0 Å². The maximum atomic E-state index is 13.7. The highest BCUT2D eigenvalue weighted by molar-refractivity contribution is 5.95. The minimum Gasteiger partial charge on any atom is -0.352 e. The highest BCUT2D eigenvalue weighted by Gasteiger charge is 2.28. The molecular formula is C25H24FN3O2. The summed E-state index contributed by atoms with van der Waals surface area (Å²) in [4.78, 5) is 31.6. The molecule has 0 bridgehead atoms. The van der Waals surface area contributed by atoms with Crippen molar-refractivity contribution in [2.45, 2.75) is 19.4 Å². The third kappa shape index (κ3) is 4.97. The van der Waals surface area contributed by atoms with E-state index in [1.165, 1.54) is 6.07 Å². The summed E-state index contributed by atoms with van der Waals surface area (Å²) < 4.78 is 13.7. The van der Waals surface area contributed by atoms with Crippen LogP contribution in [0.15, 0.2) is 72.9 Å². The average Bonchev–Trinajstić information content (AvgIpc) is 2.83. The monoisotopic (exact) mass is 417 g/mol. The van der Waals surface area contributed by atoms with Gasteiger partial charge in [-0.3, -0.25) is 14.6 Å². The van der Waals surface area contributed by atoms with Crippen LogP contribution in [-0.2, 0) is 11.3 Å². The number of carbonyl (C=O) groups is 2. The van der Waals surface area contributed by atoms with Crippen LogP contribution in [0.25, 0.3) is 11.3 Å². The fourth-order valence-electron chi connectivity index (χ4n) is 3.83. The van der Waals surface area contributed by atoms with Crippen molar-refractivity contribution in [1.82, 2.24) is 15.2 Å². The Morgan fingerprint density at radius 3 is 2.45 bits per heavy atom. The van der Waals surface area contributed by atoms with Gasteiger partial charge in [0.15, 0.2) is 0 Å². The maximum Gasteiger partial charge on any atom is 0.253 e. The second kappa shape index (κ2) is 9.51. The summed E-state index contributed by atoms with van der Waals surface area (Å²) in [5.41, 5.74) is 2.78. The number of halogens is 1. The van der Waals surface area contributed by atoms with Gasteiger partial charge < -0.3 is 10.2 Å². The molecule has 158 valence electrons. The number of pyridine rings is 1. The van der Waals surface area contributed by atoms with Crippen LogP contribution >= 0.6 is 0 Å². The van der Waals surface area contributed by atoms with Crippen LogP contribution in [0.3, 0.4) is 0 Å². The minimum absolute atomic E-state index is 0.0511. The molecule has 0 atom stereocenters. The standard InChI is InChI=1S/C25H24FN3O2/c26-22-9-5-4-8-21(22)17-28-24(30)19-11-14-29(15-12-19)25(31)20-10-13-27-23(16-20)18-6-2-1-3-7-18/h1-10,13,16,19H,11-12,14-15,17H2,(H,28,30). The topological polar surface area (TPSA) is 62.3 Å². The van der Waals surface area contributed by atoms with Crippen LogP contribution in [0, 0.1) is 11.7 Å². The number of nitrogens with one attached hydrogen (secondary N) is 1. The normalized spacial score (nSPS) is 14.3. The van der Waals surface area contributed by atoms with Gasteiger partial charge in [-0.05, 0) is 31.0 Å². The summed E-state index contributed by atoms with van der Waals surface area (Å²) in [5.74, 6) is -0.640. The maximum absolute atomic E-state index is 13.7. The van der Waals surface area contributed by atoms with E-state index in [4.69, 9.17) is 0 Å². The minimum atomic E-state index is -0.324. The highest BCUT2D eigenvalue weighted by Crippen LogP contribution is 2.22. The molecule has 5 nitrogen and oxygen atoms in total. The first-order valence-corrected chi connectivity index (χ1v) is 10.4. The number of piperidine rings is 1. The first-order chi connectivity index (χ1) is 15.1. The summed E-state index contributed by atoms with van der Waals surface area (Å²) in [6.45, 7) is 1.20. The van der Waals surface area contributed by atoms with E-state index in [1.807, 2.05) is 36.4 Å². The van der Waals surface area contributed by atoms with Gasteiger partial charge in [0.25, 0.3) is 5.91 Å². The summed E-state index contributed by atoms with van der Waals surface area (Å²) in [7, 11) is 0. The van der Waals surface area contributed by atoms with Gasteiger partial charge in [0.2, 0.25) is 5.91 Å². The number of aromatic nitrogens is 1. The molecule has 31 heavy (non-hydrogen) atoms. The van der Waals surface area contributed by atoms with Crippen molar-refractivity contribution in [2.24, 2.45) is 5.92 Å². The molecule has 1 saturated heterocycles. The van der Waals surface area contributed by atoms with E-state index in [-0.39, 0.29) is 30.1 Å². The molecule has 1 N–H and O–H groups in total. The van der Waals surface area contributed by atoms with Crippen LogP contribution in [0.5, 0.6) is 0 Å². The van der Waals surface area contributed by atoms with E-state index < -0.39 is 0 Å². The van der Waals surface area contributed by atoms with Crippen LogP contribution in [0.4, 0.5) is 4.39 Å². The van der Waals surface area contributed by atoms with E-state index in [0.29, 0.717) is 37.1 Å². The predicted molar refractivity (Wildman–Crippen MR) is 117 cm³/mol. The second-order valence-corrected chi connectivity index (χ2v) is 7.67. The van der Waals surface area contributed by atoms with Gasteiger partial charge in [-0.1, -0.05) is 48.5 Å². The zero-order chi connectivity index (χ0) is 21.6. The Bertz CT molecular complexity index is 1060. The Labute approximate surface area is 180 Å². The molecule has 2 heterocycles. The lowest BCUT2D eigenvalue weighted by Gasteiger charge is -2.31. The first-order valence-electron chi connectivity index (χ1n) is 10.4. The molecule has 0 aliphatic carbocycles.